The maximum absolute atomic E-state index is 13.7. The molecular weight excluding hydrogens is 389 g/mol. The van der Waals surface area contributed by atoms with Gasteiger partial charge in [0.25, 0.3) is 0 Å². The normalized spacial score (nSPS) is 17.5. The molecule has 1 atom stereocenters. The van der Waals surface area contributed by atoms with Crippen LogP contribution in [0.4, 0.5) is 10.2 Å². The Morgan fingerprint density at radius 3 is 2.90 bits per heavy atom. The highest BCUT2D eigenvalue weighted by Gasteiger charge is 2.28. The van der Waals surface area contributed by atoms with E-state index in [0.29, 0.717) is 17.2 Å². The average molecular weight is 409 g/mol. The fourth-order valence-electron chi connectivity index (χ4n) is 4.73. The third-order valence-corrected chi connectivity index (χ3v) is 6.18. The lowest BCUT2D eigenvalue weighted by Crippen LogP contribution is -2.24. The van der Waals surface area contributed by atoms with E-state index in [0.717, 1.165) is 36.7 Å². The smallest absolute Gasteiger partial charge is 0.163 e. The lowest BCUT2D eigenvalue weighted by atomic mass is 9.88. The molecule has 1 aromatic carbocycles. The lowest BCUT2D eigenvalue weighted by molar-refractivity contribution is 0.621. The van der Waals surface area contributed by atoms with Crippen LogP contribution in [0.5, 0.6) is 0 Å². The maximum Gasteiger partial charge on any atom is 0.163 e. The first kappa shape index (κ1) is 18.1. The van der Waals surface area contributed by atoms with E-state index in [1.54, 1.807) is 18.0 Å². The number of benzene rings is 1. The van der Waals surface area contributed by atoms with E-state index in [9.17, 15) is 4.39 Å². The molecule has 5 nitrogen and oxygen atoms in total. The fourth-order valence-corrected chi connectivity index (χ4v) is 4.73. The van der Waals surface area contributed by atoms with Gasteiger partial charge < -0.3 is 5.32 Å². The lowest BCUT2D eigenvalue weighted by Gasteiger charge is -2.26. The van der Waals surface area contributed by atoms with Crippen molar-refractivity contribution < 1.29 is 4.39 Å². The standard InChI is InChI=1S/C25H20FN5/c26-18-11-17(13-27-14-18)24-30-22-6-3-9-28-23(22)25(31-24)29-19-8-7-16-10-15-4-1-2-5-20(15)21(16)12-19/h1-6,9,11,13-14,19H,7-8,10,12H2,(H,29,30,31)/t19-/m1/s1. The molecule has 3 heterocycles. The molecule has 6 heteroatoms. The minimum absolute atomic E-state index is 0.253. The first-order chi connectivity index (χ1) is 15.2. The third kappa shape index (κ3) is 3.24. The van der Waals surface area contributed by atoms with Gasteiger partial charge in [-0.15, -0.1) is 0 Å². The number of halogens is 1. The average Bonchev–Trinajstić information content (AvgIpc) is 3.17. The molecule has 0 aliphatic heterocycles. The van der Waals surface area contributed by atoms with Crippen molar-refractivity contribution >= 4 is 22.4 Å². The Balaban J connectivity index is 1.36. The van der Waals surface area contributed by atoms with Crippen molar-refractivity contribution in [1.82, 2.24) is 19.9 Å². The van der Waals surface area contributed by atoms with Crippen molar-refractivity contribution in [3.05, 3.63) is 83.6 Å². The van der Waals surface area contributed by atoms with E-state index in [1.165, 1.54) is 29.0 Å². The van der Waals surface area contributed by atoms with Gasteiger partial charge >= 0.3 is 0 Å². The summed E-state index contributed by atoms with van der Waals surface area (Å²) in [4.78, 5) is 17.8. The molecule has 2 aliphatic rings. The van der Waals surface area contributed by atoms with E-state index in [1.807, 2.05) is 12.1 Å². The van der Waals surface area contributed by atoms with Crippen LogP contribution in [-0.4, -0.2) is 26.0 Å². The molecule has 4 aromatic rings. The van der Waals surface area contributed by atoms with E-state index >= 15 is 0 Å². The summed E-state index contributed by atoms with van der Waals surface area (Å²) < 4.78 is 13.7. The number of aromatic nitrogens is 4. The van der Waals surface area contributed by atoms with Crippen LogP contribution in [0.1, 0.15) is 30.4 Å². The molecular formula is C25H20FN5. The Bertz CT molecular complexity index is 1350. The monoisotopic (exact) mass is 409 g/mol. The Morgan fingerprint density at radius 2 is 1.97 bits per heavy atom. The molecule has 0 spiro atoms. The van der Waals surface area contributed by atoms with Crippen LogP contribution in [0.3, 0.4) is 0 Å². The SMILES string of the molecule is Fc1cncc(-c2nc(N[C@@H]3CCC4=C(C3)c3ccccc3C4)c3ncccc3n2)c1. The van der Waals surface area contributed by atoms with Crippen molar-refractivity contribution in [2.75, 3.05) is 5.32 Å². The van der Waals surface area contributed by atoms with Crippen molar-refractivity contribution in [3.63, 3.8) is 0 Å². The zero-order valence-electron chi connectivity index (χ0n) is 16.8. The van der Waals surface area contributed by atoms with Crippen molar-refractivity contribution in [2.45, 2.75) is 31.7 Å². The van der Waals surface area contributed by atoms with Gasteiger partial charge in [-0.1, -0.05) is 29.8 Å². The summed E-state index contributed by atoms with van der Waals surface area (Å²) in [6, 6.07) is 14.1. The quantitative estimate of drug-likeness (QED) is 0.504. The highest BCUT2D eigenvalue weighted by Crippen LogP contribution is 2.42. The zero-order valence-corrected chi connectivity index (χ0v) is 16.8. The number of hydrogen-bond donors (Lipinski definition) is 1. The third-order valence-electron chi connectivity index (χ3n) is 6.18. The van der Waals surface area contributed by atoms with Gasteiger partial charge in [0.2, 0.25) is 0 Å². The van der Waals surface area contributed by atoms with Crippen molar-refractivity contribution in [2.24, 2.45) is 0 Å². The van der Waals surface area contributed by atoms with Gasteiger partial charge in [0.1, 0.15) is 11.3 Å². The molecule has 0 unspecified atom stereocenters. The molecule has 0 fully saturated rings. The number of hydrogen-bond acceptors (Lipinski definition) is 5. The Morgan fingerprint density at radius 1 is 1.03 bits per heavy atom. The van der Waals surface area contributed by atoms with E-state index in [4.69, 9.17) is 4.98 Å². The summed E-state index contributed by atoms with van der Waals surface area (Å²) in [5.41, 5.74) is 7.86. The van der Waals surface area contributed by atoms with Gasteiger partial charge in [-0.2, -0.15) is 0 Å². The van der Waals surface area contributed by atoms with Gasteiger partial charge in [0, 0.05) is 24.0 Å². The summed E-state index contributed by atoms with van der Waals surface area (Å²) in [6.07, 6.45) is 8.67. The van der Waals surface area contributed by atoms with Crippen LogP contribution in [0.25, 0.3) is 28.0 Å². The number of allylic oxidation sites excluding steroid dienone is 1. The second-order valence-corrected chi connectivity index (χ2v) is 8.16. The van der Waals surface area contributed by atoms with Crippen molar-refractivity contribution in [1.29, 1.82) is 0 Å². The second kappa shape index (κ2) is 7.23. The highest BCUT2D eigenvalue weighted by atomic mass is 19.1. The van der Waals surface area contributed by atoms with Gasteiger partial charge in [-0.3, -0.25) is 9.97 Å². The van der Waals surface area contributed by atoms with Gasteiger partial charge in [0.15, 0.2) is 11.6 Å². The highest BCUT2D eigenvalue weighted by molar-refractivity contribution is 5.87. The molecule has 6 rings (SSSR count). The van der Waals surface area contributed by atoms with Crippen LogP contribution in [0.15, 0.2) is 66.6 Å². The van der Waals surface area contributed by atoms with Crippen molar-refractivity contribution in [3.8, 4) is 11.4 Å². The number of anilines is 1. The summed E-state index contributed by atoms with van der Waals surface area (Å²) in [5, 5.41) is 3.63. The second-order valence-electron chi connectivity index (χ2n) is 8.16. The van der Waals surface area contributed by atoms with Crippen LogP contribution in [0, 0.1) is 5.82 Å². The molecule has 0 radical (unpaired) electrons. The number of pyridine rings is 2. The van der Waals surface area contributed by atoms with Crippen LogP contribution >= 0.6 is 0 Å². The molecule has 31 heavy (non-hydrogen) atoms. The predicted octanol–water partition coefficient (Wildman–Crippen LogP) is 5.20. The molecule has 3 aromatic heterocycles. The van der Waals surface area contributed by atoms with E-state index < -0.39 is 5.82 Å². The fraction of sp³-hybridized carbons (Fsp3) is 0.200. The summed E-state index contributed by atoms with van der Waals surface area (Å²) in [7, 11) is 0. The number of fused-ring (bicyclic) bond motifs is 3. The molecule has 1 N–H and O–H groups in total. The van der Waals surface area contributed by atoms with Gasteiger partial charge in [0.05, 0.1) is 11.7 Å². The molecule has 0 amide bonds. The summed E-state index contributed by atoms with van der Waals surface area (Å²) >= 11 is 0. The minimum Gasteiger partial charge on any atom is -0.365 e. The first-order valence-electron chi connectivity index (χ1n) is 10.5. The Labute approximate surface area is 179 Å². The predicted molar refractivity (Wildman–Crippen MR) is 119 cm³/mol. The van der Waals surface area contributed by atoms with Gasteiger partial charge in [-0.25, -0.2) is 14.4 Å². The first-order valence-corrected chi connectivity index (χ1v) is 10.5. The zero-order chi connectivity index (χ0) is 20.8. The van der Waals surface area contributed by atoms with Gasteiger partial charge in [-0.05, 0) is 60.6 Å². The van der Waals surface area contributed by atoms with E-state index in [-0.39, 0.29) is 6.04 Å². The van der Waals surface area contributed by atoms with Crippen LogP contribution < -0.4 is 5.32 Å². The molecule has 2 aliphatic carbocycles. The van der Waals surface area contributed by atoms with E-state index in [2.05, 4.69) is 44.5 Å². The maximum atomic E-state index is 13.7. The number of rotatable bonds is 3. The van der Waals surface area contributed by atoms with Crippen LogP contribution in [0.2, 0.25) is 0 Å². The molecule has 152 valence electrons. The summed E-state index contributed by atoms with van der Waals surface area (Å²) in [5.74, 6) is 0.718. The Hall–Kier alpha value is -3.67. The number of nitrogens with zero attached hydrogens (tertiary/aromatic N) is 4. The largest absolute Gasteiger partial charge is 0.365 e. The minimum atomic E-state index is -0.409. The topological polar surface area (TPSA) is 63.6 Å². The molecule has 0 saturated heterocycles. The number of nitrogens with one attached hydrogen (secondary N) is 1. The van der Waals surface area contributed by atoms with Crippen LogP contribution in [-0.2, 0) is 6.42 Å². The Kier molecular flexibility index (Phi) is 4.23. The molecule has 0 bridgehead atoms. The summed E-state index contributed by atoms with van der Waals surface area (Å²) in [6.45, 7) is 0. The molecule has 0 saturated carbocycles.